The predicted octanol–water partition coefficient (Wildman–Crippen LogP) is 2.50. The number of aromatic hydroxyl groups is 1. The second-order valence-corrected chi connectivity index (χ2v) is 4.68. The number of carboxylic acid groups (broad SMARTS) is 1. The Morgan fingerprint density at radius 1 is 1.25 bits per heavy atom. The molecule has 0 saturated carbocycles. The number of phenolic OH excluding ortho intramolecular Hbond substituents is 1. The van der Waals surface area contributed by atoms with Gasteiger partial charge in [-0.1, -0.05) is 0 Å². The number of carbonyl (C=O) groups excluding carboxylic acids is 1. The van der Waals surface area contributed by atoms with Gasteiger partial charge in [0.2, 0.25) is 0 Å². The van der Waals surface area contributed by atoms with Crippen LogP contribution in [0.4, 0.5) is 5.69 Å². The minimum Gasteiger partial charge on any atom is -0.506 e. The Kier molecular flexibility index (Phi) is 3.99. The summed E-state index contributed by atoms with van der Waals surface area (Å²) in [6, 6.07) is 6.99. The maximum Gasteiger partial charge on any atom is 0.335 e. The van der Waals surface area contributed by atoms with Crippen LogP contribution in [-0.4, -0.2) is 27.1 Å². The minimum atomic E-state index is -1.16. The van der Waals surface area contributed by atoms with E-state index >= 15 is 0 Å². The van der Waals surface area contributed by atoms with E-state index in [-0.39, 0.29) is 22.7 Å². The van der Waals surface area contributed by atoms with Crippen molar-refractivity contribution in [3.05, 3.63) is 52.3 Å². The number of amides is 1. The smallest absolute Gasteiger partial charge is 0.335 e. The number of pyridine rings is 1. The van der Waals surface area contributed by atoms with Crippen LogP contribution in [0.1, 0.15) is 20.8 Å². The Morgan fingerprint density at radius 3 is 2.60 bits per heavy atom. The lowest BCUT2D eigenvalue weighted by molar-refractivity contribution is 0.0696. The molecule has 0 aliphatic heterocycles. The van der Waals surface area contributed by atoms with Gasteiger partial charge in [0.1, 0.15) is 11.4 Å². The number of nitrogens with zero attached hydrogens (tertiary/aromatic N) is 1. The van der Waals surface area contributed by atoms with E-state index in [0.717, 1.165) is 6.07 Å². The van der Waals surface area contributed by atoms with Gasteiger partial charge in [-0.2, -0.15) is 0 Å². The summed E-state index contributed by atoms with van der Waals surface area (Å²) in [7, 11) is 0. The molecular formula is C13H9BrN2O4. The van der Waals surface area contributed by atoms with Crippen LogP contribution in [0, 0.1) is 0 Å². The Morgan fingerprint density at radius 2 is 2.00 bits per heavy atom. The van der Waals surface area contributed by atoms with Gasteiger partial charge in [-0.3, -0.25) is 4.79 Å². The van der Waals surface area contributed by atoms with Crippen LogP contribution >= 0.6 is 15.9 Å². The van der Waals surface area contributed by atoms with Gasteiger partial charge in [0.15, 0.2) is 0 Å². The third kappa shape index (κ3) is 2.94. The molecule has 0 bridgehead atoms. The summed E-state index contributed by atoms with van der Waals surface area (Å²) in [5, 5.41) is 20.9. The lowest BCUT2D eigenvalue weighted by Crippen LogP contribution is -2.14. The van der Waals surface area contributed by atoms with E-state index in [9.17, 15) is 14.7 Å². The van der Waals surface area contributed by atoms with Crippen LogP contribution in [0.3, 0.4) is 0 Å². The van der Waals surface area contributed by atoms with Crippen molar-refractivity contribution in [1.82, 2.24) is 4.98 Å². The molecule has 20 heavy (non-hydrogen) atoms. The Labute approximate surface area is 122 Å². The van der Waals surface area contributed by atoms with Crippen LogP contribution in [0.15, 0.2) is 41.0 Å². The van der Waals surface area contributed by atoms with Gasteiger partial charge in [0.25, 0.3) is 5.91 Å². The highest BCUT2D eigenvalue weighted by molar-refractivity contribution is 9.10. The molecule has 1 amide bonds. The first-order valence-corrected chi connectivity index (χ1v) is 6.26. The molecule has 0 radical (unpaired) electrons. The number of benzene rings is 1. The quantitative estimate of drug-likeness (QED) is 0.748. The number of phenols is 1. The number of hydrogen-bond donors (Lipinski definition) is 3. The molecule has 102 valence electrons. The van der Waals surface area contributed by atoms with Gasteiger partial charge in [-0.25, -0.2) is 9.78 Å². The van der Waals surface area contributed by atoms with Crippen LogP contribution < -0.4 is 5.32 Å². The molecule has 0 aliphatic rings. The van der Waals surface area contributed by atoms with E-state index in [1.165, 1.54) is 18.3 Å². The molecule has 1 aromatic heterocycles. The highest BCUT2D eigenvalue weighted by Gasteiger charge is 2.14. The monoisotopic (exact) mass is 336 g/mol. The lowest BCUT2D eigenvalue weighted by Gasteiger charge is -2.08. The molecule has 3 N–H and O–H groups in total. The fourth-order valence-corrected chi connectivity index (χ4v) is 1.94. The van der Waals surface area contributed by atoms with Crippen molar-refractivity contribution in [1.29, 1.82) is 0 Å². The summed E-state index contributed by atoms with van der Waals surface area (Å²) in [4.78, 5) is 26.6. The standard InChI is InChI=1S/C13H9BrN2O4/c14-8-2-1-5-15-11(8)12(18)16-9-4-3-7(13(19)20)6-10(9)17/h1-6,17H,(H,16,18)(H,19,20). The zero-order chi connectivity index (χ0) is 14.7. The van der Waals surface area contributed by atoms with Gasteiger partial charge in [-0.15, -0.1) is 0 Å². The van der Waals surface area contributed by atoms with E-state index < -0.39 is 11.9 Å². The largest absolute Gasteiger partial charge is 0.506 e. The highest BCUT2D eigenvalue weighted by atomic mass is 79.9. The van der Waals surface area contributed by atoms with E-state index in [4.69, 9.17) is 5.11 Å². The van der Waals surface area contributed by atoms with Gasteiger partial charge in [0, 0.05) is 10.7 Å². The molecule has 2 aromatic rings. The van der Waals surface area contributed by atoms with Crippen molar-refractivity contribution in [2.24, 2.45) is 0 Å². The third-order valence-electron chi connectivity index (χ3n) is 2.47. The SMILES string of the molecule is O=C(O)c1ccc(NC(=O)c2ncccc2Br)c(O)c1. The van der Waals surface area contributed by atoms with E-state index in [0.29, 0.717) is 4.47 Å². The number of carboxylic acids is 1. The van der Waals surface area contributed by atoms with Crippen molar-refractivity contribution in [3.8, 4) is 5.75 Å². The van der Waals surface area contributed by atoms with Gasteiger partial charge >= 0.3 is 5.97 Å². The molecule has 0 fully saturated rings. The Hall–Kier alpha value is -2.41. The van der Waals surface area contributed by atoms with Gasteiger partial charge in [-0.05, 0) is 46.3 Å². The number of aromatic nitrogens is 1. The summed E-state index contributed by atoms with van der Waals surface area (Å²) >= 11 is 3.20. The minimum absolute atomic E-state index is 0.0699. The summed E-state index contributed by atoms with van der Waals surface area (Å²) < 4.78 is 0.513. The molecule has 7 heteroatoms. The molecule has 1 heterocycles. The molecule has 1 aromatic carbocycles. The third-order valence-corrected chi connectivity index (χ3v) is 3.11. The summed E-state index contributed by atoms with van der Waals surface area (Å²) in [5.41, 5.74) is 0.200. The second-order valence-electron chi connectivity index (χ2n) is 3.83. The fourth-order valence-electron chi connectivity index (χ4n) is 1.50. The topological polar surface area (TPSA) is 99.5 Å². The van der Waals surface area contributed by atoms with Crippen molar-refractivity contribution in [3.63, 3.8) is 0 Å². The van der Waals surface area contributed by atoms with Crippen LogP contribution in [-0.2, 0) is 0 Å². The molecule has 0 aliphatic carbocycles. The van der Waals surface area contributed by atoms with E-state index in [2.05, 4.69) is 26.2 Å². The van der Waals surface area contributed by atoms with Gasteiger partial charge < -0.3 is 15.5 Å². The number of anilines is 1. The normalized spacial score (nSPS) is 10.1. The summed E-state index contributed by atoms with van der Waals surface area (Å²) in [6.07, 6.45) is 1.47. The molecule has 0 unspecified atom stereocenters. The van der Waals surface area contributed by atoms with E-state index in [1.807, 2.05) is 0 Å². The average molecular weight is 337 g/mol. The Bertz CT molecular complexity index is 688. The lowest BCUT2D eigenvalue weighted by atomic mass is 10.2. The van der Waals surface area contributed by atoms with Crippen LogP contribution in [0.5, 0.6) is 5.75 Å². The average Bonchev–Trinajstić information content (AvgIpc) is 2.41. The maximum atomic E-state index is 12.0. The van der Waals surface area contributed by atoms with Crippen LogP contribution in [0.2, 0.25) is 0 Å². The highest BCUT2D eigenvalue weighted by Crippen LogP contribution is 2.25. The first-order chi connectivity index (χ1) is 9.49. The number of rotatable bonds is 3. The zero-order valence-electron chi connectivity index (χ0n) is 10.0. The molecule has 0 atom stereocenters. The number of hydrogen-bond acceptors (Lipinski definition) is 4. The zero-order valence-corrected chi connectivity index (χ0v) is 11.6. The van der Waals surface area contributed by atoms with Crippen molar-refractivity contribution >= 4 is 33.5 Å². The fraction of sp³-hybridized carbons (Fsp3) is 0. The van der Waals surface area contributed by atoms with E-state index in [1.54, 1.807) is 12.1 Å². The first-order valence-electron chi connectivity index (χ1n) is 5.47. The summed E-state index contributed by atoms with van der Waals surface area (Å²) in [6.45, 7) is 0. The summed E-state index contributed by atoms with van der Waals surface area (Å²) in [5.74, 6) is -2.01. The van der Waals surface area contributed by atoms with Crippen molar-refractivity contribution in [2.45, 2.75) is 0 Å². The molecule has 0 saturated heterocycles. The van der Waals surface area contributed by atoms with Crippen molar-refractivity contribution in [2.75, 3.05) is 5.32 Å². The number of halogens is 1. The molecular weight excluding hydrogens is 328 g/mol. The second kappa shape index (κ2) is 5.70. The first kappa shape index (κ1) is 14.0. The van der Waals surface area contributed by atoms with Gasteiger partial charge in [0.05, 0.1) is 11.3 Å². The Balaban J connectivity index is 2.25. The number of carbonyl (C=O) groups is 2. The van der Waals surface area contributed by atoms with Crippen LogP contribution in [0.25, 0.3) is 0 Å². The molecule has 2 rings (SSSR count). The molecule has 6 nitrogen and oxygen atoms in total. The molecule has 0 spiro atoms. The van der Waals surface area contributed by atoms with Crippen molar-refractivity contribution < 1.29 is 19.8 Å². The number of nitrogens with one attached hydrogen (secondary N) is 1. The predicted molar refractivity (Wildman–Crippen MR) is 75.0 cm³/mol. The number of aromatic carboxylic acids is 1. The maximum absolute atomic E-state index is 12.0.